The van der Waals surface area contributed by atoms with Gasteiger partial charge in [-0.3, -0.25) is 0 Å². The molecule has 104 valence electrons. The molecule has 0 radical (unpaired) electrons. The Morgan fingerprint density at radius 1 is 1.21 bits per heavy atom. The molecule has 0 bridgehead atoms. The van der Waals surface area contributed by atoms with E-state index < -0.39 is 0 Å². The van der Waals surface area contributed by atoms with Crippen molar-refractivity contribution in [3.05, 3.63) is 48.4 Å². The third kappa shape index (κ3) is 4.28. The first-order valence-electron chi connectivity index (χ1n) is 6.76. The van der Waals surface area contributed by atoms with E-state index in [0.717, 1.165) is 22.4 Å². The summed E-state index contributed by atoms with van der Waals surface area (Å²) < 4.78 is 0. The average Bonchev–Trinajstić information content (AvgIpc) is 2.87. The summed E-state index contributed by atoms with van der Waals surface area (Å²) in [5.41, 5.74) is 9.26. The lowest BCUT2D eigenvalue weighted by atomic mass is 10.2. The van der Waals surface area contributed by atoms with Crippen molar-refractivity contribution in [3.8, 4) is 0 Å². The molecule has 0 aliphatic rings. The largest absolute Gasteiger partial charge is 0.402 e. The van der Waals surface area contributed by atoms with Gasteiger partial charge in [-0.1, -0.05) is 52.5 Å². The van der Waals surface area contributed by atoms with Gasteiger partial charge < -0.3 is 10.7 Å². The molecule has 0 amide bonds. The van der Waals surface area contributed by atoms with Crippen LogP contribution in [-0.2, 0) is 0 Å². The minimum Gasteiger partial charge on any atom is -0.402 e. The molecule has 19 heavy (non-hydrogen) atoms. The summed E-state index contributed by atoms with van der Waals surface area (Å²) in [6.45, 7) is 13.6. The number of nitrogens with two attached hydrogens (primary N) is 1. The molecule has 0 saturated carbocycles. The molecule has 0 fully saturated rings. The number of nitrogens with zero attached hydrogens (tertiary/aromatic N) is 1. The number of hydrogen-bond acceptors (Lipinski definition) is 2. The number of aromatic nitrogens is 2. The summed E-state index contributed by atoms with van der Waals surface area (Å²) in [5.74, 6) is 0.770. The highest BCUT2D eigenvalue weighted by molar-refractivity contribution is 5.81. The van der Waals surface area contributed by atoms with E-state index in [1.165, 1.54) is 0 Å². The number of fused-ring (bicyclic) bond motifs is 1. The molecule has 2 aromatic rings. The van der Waals surface area contributed by atoms with E-state index in [1.54, 1.807) is 6.08 Å². The molecule has 3 N–H and O–H groups in total. The normalized spacial score (nSPS) is 10.6. The monoisotopic (exact) mass is 259 g/mol. The topological polar surface area (TPSA) is 54.7 Å². The van der Waals surface area contributed by atoms with Crippen molar-refractivity contribution in [3.63, 3.8) is 0 Å². The Hall–Kier alpha value is -2.03. The van der Waals surface area contributed by atoms with Crippen LogP contribution in [0, 0.1) is 0 Å². The highest BCUT2D eigenvalue weighted by Crippen LogP contribution is 2.18. The van der Waals surface area contributed by atoms with E-state index in [-0.39, 0.29) is 0 Å². The Morgan fingerprint density at radius 2 is 1.79 bits per heavy atom. The third-order valence-corrected chi connectivity index (χ3v) is 2.27. The molecule has 1 heterocycles. The van der Waals surface area contributed by atoms with E-state index in [4.69, 9.17) is 5.73 Å². The summed E-state index contributed by atoms with van der Waals surface area (Å²) >= 11 is 0. The molecule has 1 aromatic heterocycles. The zero-order valence-electron chi connectivity index (χ0n) is 12.6. The van der Waals surface area contributed by atoms with Crippen molar-refractivity contribution in [1.82, 2.24) is 9.97 Å². The van der Waals surface area contributed by atoms with Gasteiger partial charge in [0.2, 0.25) is 0 Å². The van der Waals surface area contributed by atoms with Gasteiger partial charge in [-0.25, -0.2) is 4.98 Å². The molecule has 0 unspecified atom stereocenters. The van der Waals surface area contributed by atoms with Crippen molar-refractivity contribution in [1.29, 1.82) is 0 Å². The molecule has 2 rings (SSSR count). The predicted octanol–water partition coefficient (Wildman–Crippen LogP) is 4.49. The number of para-hydroxylation sites is 2. The Kier molecular flexibility index (Phi) is 8.02. The lowest BCUT2D eigenvalue weighted by Crippen LogP contribution is -1.97. The maximum absolute atomic E-state index is 5.75. The van der Waals surface area contributed by atoms with Crippen molar-refractivity contribution in [2.75, 3.05) is 0 Å². The van der Waals surface area contributed by atoms with Crippen LogP contribution in [0.25, 0.3) is 16.6 Å². The minimum atomic E-state index is 0.712. The van der Waals surface area contributed by atoms with Crippen LogP contribution in [0.3, 0.4) is 0 Å². The second kappa shape index (κ2) is 8.97. The van der Waals surface area contributed by atoms with Gasteiger partial charge in [0.15, 0.2) is 0 Å². The van der Waals surface area contributed by atoms with Crippen LogP contribution in [0.5, 0.6) is 0 Å². The Balaban J connectivity index is 0.000000741. The quantitative estimate of drug-likeness (QED) is 0.781. The van der Waals surface area contributed by atoms with Crippen LogP contribution in [-0.4, -0.2) is 9.97 Å². The van der Waals surface area contributed by atoms with Crippen LogP contribution in [0.1, 0.15) is 40.4 Å². The first kappa shape index (κ1) is 17.0. The third-order valence-electron chi connectivity index (χ3n) is 2.27. The van der Waals surface area contributed by atoms with Gasteiger partial charge in [-0.05, 0) is 19.1 Å². The minimum absolute atomic E-state index is 0.712. The summed E-state index contributed by atoms with van der Waals surface area (Å²) in [6.07, 6.45) is 1.72. The molecular weight excluding hydrogens is 234 g/mol. The van der Waals surface area contributed by atoms with Crippen LogP contribution in [0.15, 0.2) is 42.6 Å². The summed E-state index contributed by atoms with van der Waals surface area (Å²) in [5, 5.41) is 0. The molecule has 0 atom stereocenters. The Bertz CT molecular complexity index is 499. The fraction of sp³-hybridized carbons (Fsp3) is 0.312. The van der Waals surface area contributed by atoms with Gasteiger partial charge >= 0.3 is 0 Å². The molecule has 0 aliphatic heterocycles. The maximum Gasteiger partial charge on any atom is 0.140 e. The van der Waals surface area contributed by atoms with Crippen molar-refractivity contribution in [2.24, 2.45) is 5.73 Å². The lowest BCUT2D eigenvalue weighted by Gasteiger charge is -1.98. The number of imidazole rings is 1. The standard InChI is InChI=1S/C12H13N3.2C2H6/c1-3-9(8(2)13)12-14-10-6-4-5-7-11(10)15-12;2*1-2/h3-7H,1,13H2,2H3,(H,14,15);2*1-2H3/b9-8-;;. The number of hydrogen-bond donors (Lipinski definition) is 2. The number of benzene rings is 1. The summed E-state index contributed by atoms with van der Waals surface area (Å²) in [6, 6.07) is 7.87. The average molecular weight is 259 g/mol. The van der Waals surface area contributed by atoms with E-state index >= 15 is 0 Å². The predicted molar refractivity (Wildman–Crippen MR) is 85.8 cm³/mol. The number of rotatable bonds is 2. The van der Waals surface area contributed by atoms with E-state index in [2.05, 4.69) is 16.5 Å². The molecule has 0 aliphatic carbocycles. The van der Waals surface area contributed by atoms with E-state index in [1.807, 2.05) is 58.9 Å². The summed E-state index contributed by atoms with van der Waals surface area (Å²) in [4.78, 5) is 7.65. The van der Waals surface area contributed by atoms with Crippen LogP contribution in [0.4, 0.5) is 0 Å². The molecule has 0 spiro atoms. The molecular formula is C16H25N3. The zero-order chi connectivity index (χ0) is 14.8. The van der Waals surface area contributed by atoms with Gasteiger partial charge in [0.1, 0.15) is 5.82 Å². The fourth-order valence-electron chi connectivity index (χ4n) is 1.52. The smallest absolute Gasteiger partial charge is 0.140 e. The maximum atomic E-state index is 5.75. The van der Waals surface area contributed by atoms with Gasteiger partial charge in [-0.15, -0.1) is 0 Å². The SMILES string of the molecule is C=C/C(=C(\C)N)c1nc2ccccc2[nH]1.CC.CC. The van der Waals surface area contributed by atoms with Gasteiger partial charge in [-0.2, -0.15) is 0 Å². The highest BCUT2D eigenvalue weighted by Gasteiger charge is 2.06. The van der Waals surface area contributed by atoms with Gasteiger partial charge in [0.05, 0.1) is 11.0 Å². The fourth-order valence-corrected chi connectivity index (χ4v) is 1.52. The van der Waals surface area contributed by atoms with E-state index in [0.29, 0.717) is 5.70 Å². The van der Waals surface area contributed by atoms with Crippen molar-refractivity contribution < 1.29 is 0 Å². The second-order valence-electron chi connectivity index (χ2n) is 3.40. The first-order chi connectivity index (χ1) is 9.22. The number of allylic oxidation sites excluding steroid dienone is 3. The molecule has 1 aromatic carbocycles. The van der Waals surface area contributed by atoms with Gasteiger partial charge in [0.25, 0.3) is 0 Å². The second-order valence-corrected chi connectivity index (χ2v) is 3.40. The molecule has 0 saturated heterocycles. The summed E-state index contributed by atoms with van der Waals surface area (Å²) in [7, 11) is 0. The van der Waals surface area contributed by atoms with Crippen LogP contribution < -0.4 is 5.73 Å². The van der Waals surface area contributed by atoms with Crippen molar-refractivity contribution >= 4 is 16.6 Å². The highest BCUT2D eigenvalue weighted by atomic mass is 14.9. The first-order valence-corrected chi connectivity index (χ1v) is 6.76. The van der Waals surface area contributed by atoms with E-state index in [9.17, 15) is 0 Å². The zero-order valence-corrected chi connectivity index (χ0v) is 12.6. The number of aromatic amines is 1. The lowest BCUT2D eigenvalue weighted by molar-refractivity contribution is 1.23. The van der Waals surface area contributed by atoms with Crippen LogP contribution in [0.2, 0.25) is 0 Å². The number of H-pyrrole nitrogens is 1. The van der Waals surface area contributed by atoms with Crippen LogP contribution >= 0.6 is 0 Å². The molecule has 3 heteroatoms. The number of nitrogens with one attached hydrogen (secondary N) is 1. The molecule has 3 nitrogen and oxygen atoms in total. The Morgan fingerprint density at radius 3 is 2.26 bits per heavy atom. The van der Waals surface area contributed by atoms with Gasteiger partial charge in [0, 0.05) is 11.3 Å². The van der Waals surface area contributed by atoms with Crippen molar-refractivity contribution in [2.45, 2.75) is 34.6 Å². The Labute approximate surface area is 116 Å².